The highest BCUT2D eigenvalue weighted by Crippen LogP contribution is 2.34. The Balaban J connectivity index is 2.01. The van der Waals surface area contributed by atoms with Crippen molar-refractivity contribution in [2.75, 3.05) is 6.54 Å². The molecular weight excluding hydrogens is 312 g/mol. The molecular formula is C13H17BrN2OS. The molecule has 0 unspecified atom stereocenters. The molecule has 1 N–H and O–H groups in total. The van der Waals surface area contributed by atoms with Gasteiger partial charge in [0.1, 0.15) is 0 Å². The second-order valence-electron chi connectivity index (χ2n) is 4.54. The number of nitrogens with zero attached hydrogens (tertiary/aromatic N) is 1. The van der Waals surface area contributed by atoms with Gasteiger partial charge in [0.25, 0.3) is 0 Å². The number of rotatable bonds is 5. The highest BCUT2D eigenvalue weighted by atomic mass is 79.9. The molecule has 3 nitrogen and oxygen atoms in total. The van der Waals surface area contributed by atoms with Crippen LogP contribution in [0, 0.1) is 6.92 Å². The Morgan fingerprint density at radius 1 is 1.50 bits per heavy atom. The molecule has 0 aliphatic heterocycles. The van der Waals surface area contributed by atoms with Crippen molar-refractivity contribution in [3.8, 4) is 10.6 Å². The summed E-state index contributed by atoms with van der Waals surface area (Å²) in [5, 5.41) is 3.35. The zero-order valence-corrected chi connectivity index (χ0v) is 13.2. The molecule has 2 aromatic heterocycles. The Morgan fingerprint density at radius 2 is 2.28 bits per heavy atom. The van der Waals surface area contributed by atoms with Crippen LogP contribution in [-0.2, 0) is 6.42 Å². The minimum atomic E-state index is 0.496. The molecule has 2 heterocycles. The van der Waals surface area contributed by atoms with E-state index in [2.05, 4.69) is 53.1 Å². The SMILES string of the molecule is Cc1cc(-c2cnc(CCNC(C)C)o2)sc1Br. The maximum atomic E-state index is 5.76. The van der Waals surface area contributed by atoms with Gasteiger partial charge < -0.3 is 9.73 Å². The number of aryl methyl sites for hydroxylation is 1. The van der Waals surface area contributed by atoms with Gasteiger partial charge in [-0.15, -0.1) is 11.3 Å². The normalized spacial score (nSPS) is 11.4. The maximum Gasteiger partial charge on any atom is 0.196 e. The van der Waals surface area contributed by atoms with Gasteiger partial charge in [-0.2, -0.15) is 0 Å². The number of hydrogen-bond acceptors (Lipinski definition) is 4. The highest BCUT2D eigenvalue weighted by Gasteiger charge is 2.10. The van der Waals surface area contributed by atoms with Gasteiger partial charge in [0.15, 0.2) is 11.7 Å². The lowest BCUT2D eigenvalue weighted by molar-refractivity contribution is 0.485. The van der Waals surface area contributed by atoms with Crippen molar-refractivity contribution in [2.45, 2.75) is 33.2 Å². The molecule has 0 radical (unpaired) electrons. The van der Waals surface area contributed by atoms with E-state index in [-0.39, 0.29) is 0 Å². The molecule has 0 atom stereocenters. The first-order valence-corrected chi connectivity index (χ1v) is 7.61. The summed E-state index contributed by atoms with van der Waals surface area (Å²) in [6, 6.07) is 2.61. The third kappa shape index (κ3) is 3.43. The summed E-state index contributed by atoms with van der Waals surface area (Å²) in [7, 11) is 0. The fourth-order valence-electron chi connectivity index (χ4n) is 1.59. The van der Waals surface area contributed by atoms with Crippen LogP contribution in [-0.4, -0.2) is 17.6 Å². The van der Waals surface area contributed by atoms with Crippen LogP contribution in [0.2, 0.25) is 0 Å². The van der Waals surface area contributed by atoms with Crippen molar-refractivity contribution >= 4 is 27.3 Å². The van der Waals surface area contributed by atoms with Crippen LogP contribution in [0.25, 0.3) is 10.6 Å². The largest absolute Gasteiger partial charge is 0.440 e. The molecule has 18 heavy (non-hydrogen) atoms. The van der Waals surface area contributed by atoms with Crippen molar-refractivity contribution in [1.82, 2.24) is 10.3 Å². The highest BCUT2D eigenvalue weighted by molar-refractivity contribution is 9.11. The van der Waals surface area contributed by atoms with E-state index in [0.29, 0.717) is 6.04 Å². The molecule has 0 saturated carbocycles. The van der Waals surface area contributed by atoms with Crippen molar-refractivity contribution in [2.24, 2.45) is 0 Å². The summed E-state index contributed by atoms with van der Waals surface area (Å²) in [5.74, 6) is 1.65. The van der Waals surface area contributed by atoms with Crippen molar-refractivity contribution < 1.29 is 4.42 Å². The zero-order chi connectivity index (χ0) is 13.1. The second-order valence-corrected chi connectivity index (χ2v) is 6.91. The average Bonchev–Trinajstić information content (AvgIpc) is 2.87. The van der Waals surface area contributed by atoms with Gasteiger partial charge in [0, 0.05) is 19.0 Å². The quantitative estimate of drug-likeness (QED) is 0.900. The molecule has 98 valence electrons. The molecule has 0 spiro atoms. The Bertz CT molecular complexity index is 499. The lowest BCUT2D eigenvalue weighted by atomic mass is 10.3. The van der Waals surface area contributed by atoms with Gasteiger partial charge in [-0.05, 0) is 34.5 Å². The molecule has 5 heteroatoms. The van der Waals surface area contributed by atoms with Gasteiger partial charge in [-0.3, -0.25) is 0 Å². The number of oxazole rings is 1. The number of halogens is 1. The summed E-state index contributed by atoms with van der Waals surface area (Å²) in [4.78, 5) is 5.43. The van der Waals surface area contributed by atoms with E-state index in [9.17, 15) is 0 Å². The van der Waals surface area contributed by atoms with Gasteiger partial charge >= 0.3 is 0 Å². The minimum absolute atomic E-state index is 0.496. The van der Waals surface area contributed by atoms with Gasteiger partial charge in [0.05, 0.1) is 14.9 Å². The van der Waals surface area contributed by atoms with E-state index in [4.69, 9.17) is 4.42 Å². The average molecular weight is 329 g/mol. The molecule has 2 rings (SSSR count). The maximum absolute atomic E-state index is 5.76. The number of hydrogen-bond donors (Lipinski definition) is 1. The van der Waals surface area contributed by atoms with Crippen molar-refractivity contribution in [3.05, 3.63) is 27.5 Å². The van der Waals surface area contributed by atoms with Gasteiger partial charge in [0.2, 0.25) is 0 Å². The van der Waals surface area contributed by atoms with Gasteiger partial charge in [-0.25, -0.2) is 4.98 Å². The fourth-order valence-corrected chi connectivity index (χ4v) is 3.07. The number of aromatic nitrogens is 1. The van der Waals surface area contributed by atoms with Crippen LogP contribution in [0.3, 0.4) is 0 Å². The van der Waals surface area contributed by atoms with E-state index >= 15 is 0 Å². The summed E-state index contributed by atoms with van der Waals surface area (Å²) < 4.78 is 6.91. The predicted molar refractivity (Wildman–Crippen MR) is 79.1 cm³/mol. The van der Waals surface area contributed by atoms with E-state index in [1.165, 1.54) is 5.56 Å². The number of nitrogens with one attached hydrogen (secondary N) is 1. The first-order chi connectivity index (χ1) is 8.56. The van der Waals surface area contributed by atoms with E-state index in [1.807, 2.05) is 6.20 Å². The van der Waals surface area contributed by atoms with Crippen LogP contribution in [0.4, 0.5) is 0 Å². The Kier molecular flexibility index (Phi) is 4.59. The summed E-state index contributed by atoms with van der Waals surface area (Å²) in [5.41, 5.74) is 1.23. The first-order valence-electron chi connectivity index (χ1n) is 6.00. The van der Waals surface area contributed by atoms with Gasteiger partial charge in [-0.1, -0.05) is 13.8 Å². The first kappa shape index (κ1) is 13.8. The number of thiophene rings is 1. The van der Waals surface area contributed by atoms with E-state index < -0.39 is 0 Å². The van der Waals surface area contributed by atoms with E-state index in [0.717, 1.165) is 33.3 Å². The zero-order valence-electron chi connectivity index (χ0n) is 10.8. The monoisotopic (exact) mass is 328 g/mol. The lowest BCUT2D eigenvalue weighted by Gasteiger charge is -2.05. The topological polar surface area (TPSA) is 38.1 Å². The lowest BCUT2D eigenvalue weighted by Crippen LogP contribution is -2.24. The summed E-state index contributed by atoms with van der Waals surface area (Å²) >= 11 is 5.20. The molecule has 0 aliphatic rings. The van der Waals surface area contributed by atoms with Crippen LogP contribution in [0.15, 0.2) is 20.5 Å². The van der Waals surface area contributed by atoms with Crippen LogP contribution in [0.1, 0.15) is 25.3 Å². The summed E-state index contributed by atoms with van der Waals surface area (Å²) in [6.45, 7) is 7.23. The van der Waals surface area contributed by atoms with Crippen molar-refractivity contribution in [3.63, 3.8) is 0 Å². The Hall–Kier alpha value is -0.650. The molecule has 0 aromatic carbocycles. The van der Waals surface area contributed by atoms with Crippen molar-refractivity contribution in [1.29, 1.82) is 0 Å². The summed E-state index contributed by atoms with van der Waals surface area (Å²) in [6.07, 6.45) is 2.63. The smallest absolute Gasteiger partial charge is 0.196 e. The molecule has 0 bridgehead atoms. The van der Waals surface area contributed by atoms with Crippen LogP contribution in [0.5, 0.6) is 0 Å². The van der Waals surface area contributed by atoms with Crippen LogP contribution < -0.4 is 5.32 Å². The van der Waals surface area contributed by atoms with Crippen LogP contribution >= 0.6 is 27.3 Å². The third-order valence-corrected chi connectivity index (χ3v) is 4.70. The Morgan fingerprint density at radius 3 is 2.89 bits per heavy atom. The van der Waals surface area contributed by atoms with E-state index in [1.54, 1.807) is 11.3 Å². The molecule has 0 aliphatic carbocycles. The Labute approximate surface area is 120 Å². The standard InChI is InChI=1S/C13H17BrN2OS/c1-8(2)15-5-4-12-16-7-10(17-12)11-6-9(3)13(14)18-11/h6-8,15H,4-5H2,1-3H3. The predicted octanol–water partition coefficient (Wildman–Crippen LogP) is 4.01. The molecule has 2 aromatic rings. The third-order valence-electron chi connectivity index (χ3n) is 2.55. The molecule has 0 fully saturated rings. The fraction of sp³-hybridized carbons (Fsp3) is 0.462. The molecule has 0 saturated heterocycles. The minimum Gasteiger partial charge on any atom is -0.440 e. The molecule has 0 amide bonds. The second kappa shape index (κ2) is 5.99.